The molecule has 0 saturated heterocycles. The van der Waals surface area contributed by atoms with E-state index in [2.05, 4.69) is 14.2 Å². The van der Waals surface area contributed by atoms with Crippen LogP contribution in [-0.2, 0) is 48.8 Å². The average molecular weight is 767 g/mol. The lowest BCUT2D eigenvalue weighted by molar-refractivity contribution is -0.176. The normalized spacial score (nSPS) is 23.3. The summed E-state index contributed by atoms with van der Waals surface area (Å²) in [5.41, 5.74) is -0.527. The molecule has 0 spiro atoms. The molecule has 0 aromatic heterocycles. The molecule has 24 heteroatoms. The van der Waals surface area contributed by atoms with Crippen LogP contribution in [0.25, 0.3) is 0 Å². The number of halogens is 9. The summed E-state index contributed by atoms with van der Waals surface area (Å²) in [4.78, 5) is 34.1. The van der Waals surface area contributed by atoms with E-state index < -0.39 is 115 Å². The summed E-state index contributed by atoms with van der Waals surface area (Å²) in [5.74, 6) is -17.8. The van der Waals surface area contributed by atoms with Gasteiger partial charge in [0.2, 0.25) is 29.1 Å². The fraction of sp³-hybridized carbons (Fsp3) is 0.640. The third kappa shape index (κ3) is 8.51. The van der Waals surface area contributed by atoms with E-state index >= 15 is 0 Å². The molecule has 13 nitrogen and oxygen atoms in total. The van der Waals surface area contributed by atoms with Crippen molar-refractivity contribution in [1.82, 2.24) is 0 Å². The van der Waals surface area contributed by atoms with Crippen LogP contribution in [0, 0.1) is 52.3 Å². The number of ether oxygens (including phenoxy) is 4. The van der Waals surface area contributed by atoms with Gasteiger partial charge in [-0.05, 0) is 56.3 Å². The maximum atomic E-state index is 13.1. The Hall–Kier alpha value is -3.38. The molecule has 5 rings (SSSR count). The van der Waals surface area contributed by atoms with Crippen LogP contribution < -0.4 is 4.74 Å². The lowest BCUT2D eigenvalue weighted by Crippen LogP contribution is -2.50. The van der Waals surface area contributed by atoms with Crippen LogP contribution in [0.5, 0.6) is 5.75 Å². The molecule has 49 heavy (non-hydrogen) atoms. The molecule has 0 N–H and O–H groups in total. The number of benzene rings is 1. The second kappa shape index (κ2) is 14.5. The summed E-state index contributed by atoms with van der Waals surface area (Å²) >= 11 is 0. The third-order valence-corrected chi connectivity index (χ3v) is 9.45. The van der Waals surface area contributed by atoms with E-state index in [0.717, 1.165) is 38.5 Å². The summed E-state index contributed by atoms with van der Waals surface area (Å²) < 4.78 is 194. The molecular weight excluding hydrogens is 743 g/mol. The molecule has 1 aromatic carbocycles. The maximum absolute atomic E-state index is 13.1. The SMILES string of the molecule is O=C(OCCOC(=O)C(F)(F)S(=O)(=O)[O-])C12CC3CC(CC(C3)C1)C2.O=C(OCCOc1c(F)c(F)c(F)c(F)c1F)C(F)(F)S(=O)(=O)[O-]. The third-order valence-electron chi connectivity index (χ3n) is 7.86. The van der Waals surface area contributed by atoms with E-state index in [-0.39, 0.29) is 0 Å². The van der Waals surface area contributed by atoms with Gasteiger partial charge >= 0.3 is 28.4 Å². The Balaban J connectivity index is 0.000000266. The number of alkyl halides is 4. The first-order valence-electron chi connectivity index (χ1n) is 13.7. The predicted octanol–water partition coefficient (Wildman–Crippen LogP) is 2.87. The number of hydrogen-bond donors (Lipinski definition) is 0. The van der Waals surface area contributed by atoms with E-state index in [1.807, 2.05) is 0 Å². The van der Waals surface area contributed by atoms with Crippen molar-refractivity contribution in [3.05, 3.63) is 29.1 Å². The van der Waals surface area contributed by atoms with Crippen LogP contribution in [0.1, 0.15) is 38.5 Å². The van der Waals surface area contributed by atoms with Crippen LogP contribution in [0.4, 0.5) is 39.5 Å². The largest absolute Gasteiger partial charge is 0.743 e. The summed E-state index contributed by atoms with van der Waals surface area (Å²) in [6.45, 7) is -3.67. The molecular formula is C25H23F9O13S2-2. The zero-order valence-electron chi connectivity index (χ0n) is 24.3. The van der Waals surface area contributed by atoms with Gasteiger partial charge in [-0.3, -0.25) is 4.79 Å². The molecule has 0 atom stereocenters. The monoisotopic (exact) mass is 766 g/mol. The fourth-order valence-corrected chi connectivity index (χ4v) is 6.67. The van der Waals surface area contributed by atoms with Crippen molar-refractivity contribution in [3.63, 3.8) is 0 Å². The number of hydrogen-bond acceptors (Lipinski definition) is 13. The van der Waals surface area contributed by atoms with E-state index in [1.165, 1.54) is 0 Å². The van der Waals surface area contributed by atoms with Gasteiger partial charge in [-0.15, -0.1) is 0 Å². The molecule has 0 amide bonds. The van der Waals surface area contributed by atoms with E-state index in [4.69, 9.17) is 4.74 Å². The Morgan fingerprint density at radius 2 is 0.939 bits per heavy atom. The van der Waals surface area contributed by atoms with Gasteiger partial charge in [-0.25, -0.2) is 39.6 Å². The summed E-state index contributed by atoms with van der Waals surface area (Å²) in [6.07, 6.45) is 5.73. The predicted molar refractivity (Wildman–Crippen MR) is 134 cm³/mol. The molecule has 0 heterocycles. The van der Waals surface area contributed by atoms with Crippen molar-refractivity contribution in [2.75, 3.05) is 26.4 Å². The highest BCUT2D eigenvalue weighted by Gasteiger charge is 2.55. The molecule has 4 aliphatic carbocycles. The zero-order valence-corrected chi connectivity index (χ0v) is 26.0. The first-order valence-corrected chi connectivity index (χ1v) is 16.5. The highest BCUT2D eigenvalue weighted by atomic mass is 32.2. The lowest BCUT2D eigenvalue weighted by Gasteiger charge is -2.55. The molecule has 0 aliphatic heterocycles. The minimum atomic E-state index is -6.38. The van der Waals surface area contributed by atoms with Gasteiger partial charge in [-0.1, -0.05) is 0 Å². The van der Waals surface area contributed by atoms with Crippen molar-refractivity contribution in [3.8, 4) is 5.75 Å². The van der Waals surface area contributed by atoms with Crippen LogP contribution in [0.3, 0.4) is 0 Å². The molecule has 4 bridgehead atoms. The highest BCUT2D eigenvalue weighted by molar-refractivity contribution is 7.87. The van der Waals surface area contributed by atoms with Gasteiger partial charge in [0, 0.05) is 0 Å². The quantitative estimate of drug-likeness (QED) is 0.0572. The van der Waals surface area contributed by atoms with Crippen LogP contribution in [0.15, 0.2) is 0 Å². The van der Waals surface area contributed by atoms with E-state index in [1.54, 1.807) is 0 Å². The van der Waals surface area contributed by atoms with Gasteiger partial charge in [0.15, 0.2) is 26.0 Å². The zero-order chi connectivity index (χ0) is 37.3. The Labute approximate surface area is 270 Å². The summed E-state index contributed by atoms with van der Waals surface area (Å²) in [6, 6.07) is 0. The van der Waals surface area contributed by atoms with Gasteiger partial charge in [0.1, 0.15) is 26.4 Å². The molecule has 4 aliphatic rings. The topological polar surface area (TPSA) is 203 Å². The second-order valence-electron chi connectivity index (χ2n) is 11.3. The van der Waals surface area contributed by atoms with Crippen LogP contribution in [-0.4, -0.2) is 80.8 Å². The fourth-order valence-electron chi connectivity index (χ4n) is 6.14. The number of esters is 3. The molecule has 0 unspecified atom stereocenters. The Morgan fingerprint density at radius 3 is 1.31 bits per heavy atom. The Morgan fingerprint density at radius 1 is 0.612 bits per heavy atom. The Kier molecular flexibility index (Phi) is 11.8. The van der Waals surface area contributed by atoms with E-state index in [0.29, 0.717) is 17.8 Å². The van der Waals surface area contributed by atoms with Gasteiger partial charge < -0.3 is 28.1 Å². The number of carbonyl (C=O) groups excluding carboxylic acids is 3. The van der Waals surface area contributed by atoms with Gasteiger partial charge in [0.05, 0.1) is 5.41 Å². The lowest BCUT2D eigenvalue weighted by atomic mass is 9.49. The highest BCUT2D eigenvalue weighted by Crippen LogP contribution is 2.60. The van der Waals surface area contributed by atoms with Crippen LogP contribution >= 0.6 is 0 Å². The minimum Gasteiger partial charge on any atom is -0.743 e. The second-order valence-corrected chi connectivity index (χ2v) is 14.1. The van der Waals surface area contributed by atoms with Crippen molar-refractivity contribution in [1.29, 1.82) is 0 Å². The molecule has 4 fully saturated rings. The van der Waals surface area contributed by atoms with Crippen molar-refractivity contribution in [2.45, 2.75) is 49.0 Å². The maximum Gasteiger partial charge on any atom is 0.428 e. The minimum absolute atomic E-state index is 0.411. The van der Waals surface area contributed by atoms with Gasteiger partial charge in [-0.2, -0.15) is 26.3 Å². The first-order chi connectivity index (χ1) is 22.4. The first kappa shape index (κ1) is 40.1. The van der Waals surface area contributed by atoms with Crippen LogP contribution in [0.2, 0.25) is 0 Å². The Bertz CT molecular complexity index is 1620. The molecule has 1 aromatic rings. The molecule has 0 radical (unpaired) electrons. The van der Waals surface area contributed by atoms with Crippen molar-refractivity contribution < 1.29 is 98.8 Å². The van der Waals surface area contributed by atoms with Crippen molar-refractivity contribution in [2.24, 2.45) is 23.2 Å². The summed E-state index contributed by atoms with van der Waals surface area (Å²) in [5, 5.41) is -10.6. The standard InChI is InChI=1S/C15H20F2O7S.C10H5F7O6S/c16-15(17,25(20,21)22)13(19)24-2-1-23-12(18)14-6-9-3-10(7-14)5-11(4-9)8-14;11-3-4(12)6(14)8(7(15)5(3)13)22-1-2-23-9(18)10(16,17)24(19,20)21/h9-11H,1-8H2,(H,20,21,22);1-2H2,(H,19,20,21)/p-2. The van der Waals surface area contributed by atoms with E-state index in [9.17, 15) is 79.8 Å². The number of rotatable bonds is 12. The molecule has 4 saturated carbocycles. The van der Waals surface area contributed by atoms with Gasteiger partial charge in [0.25, 0.3) is 0 Å². The molecule has 278 valence electrons. The average Bonchev–Trinajstić information content (AvgIpc) is 2.98. The number of carbonyl (C=O) groups is 3. The summed E-state index contributed by atoms with van der Waals surface area (Å²) in [7, 11) is -12.5. The smallest absolute Gasteiger partial charge is 0.428 e. The van der Waals surface area contributed by atoms with Crippen molar-refractivity contribution >= 4 is 38.1 Å².